The van der Waals surface area contributed by atoms with E-state index < -0.39 is 8.32 Å². The van der Waals surface area contributed by atoms with E-state index >= 15 is 0 Å². The summed E-state index contributed by atoms with van der Waals surface area (Å²) in [5, 5.41) is 0.352. The van der Waals surface area contributed by atoms with Crippen LogP contribution in [0, 0.1) is 5.92 Å². The van der Waals surface area contributed by atoms with Gasteiger partial charge in [-0.1, -0.05) is 53.9 Å². The second-order valence-corrected chi connectivity index (χ2v) is 11.7. The van der Waals surface area contributed by atoms with E-state index in [1.807, 2.05) is 0 Å². The SMILES string of the molecule is CC(C)CCCCCO[Si](C)(C)C(C)(C)C. The molecule has 0 aromatic carbocycles. The average Bonchev–Trinajstić information content (AvgIpc) is 2.08. The molecule has 0 spiro atoms. The van der Waals surface area contributed by atoms with Gasteiger partial charge in [0.15, 0.2) is 8.32 Å². The molecule has 0 unspecified atom stereocenters. The van der Waals surface area contributed by atoms with Crippen LogP contribution in [0.1, 0.15) is 60.3 Å². The summed E-state index contributed by atoms with van der Waals surface area (Å²) in [5.41, 5.74) is 0. The Morgan fingerprint density at radius 1 is 1.00 bits per heavy atom. The fraction of sp³-hybridized carbons (Fsp3) is 1.00. The van der Waals surface area contributed by atoms with Crippen molar-refractivity contribution in [1.29, 1.82) is 0 Å². The Morgan fingerprint density at radius 2 is 1.56 bits per heavy atom. The van der Waals surface area contributed by atoms with Gasteiger partial charge in [-0.3, -0.25) is 0 Å². The Balaban J connectivity index is 3.59. The van der Waals surface area contributed by atoms with E-state index in [9.17, 15) is 0 Å². The highest BCUT2D eigenvalue weighted by molar-refractivity contribution is 6.74. The molecule has 0 aliphatic carbocycles. The molecule has 0 amide bonds. The molecule has 0 saturated carbocycles. The molecule has 0 aliphatic heterocycles. The summed E-state index contributed by atoms with van der Waals surface area (Å²) in [6.07, 6.45) is 5.28. The van der Waals surface area contributed by atoms with Gasteiger partial charge in [0.05, 0.1) is 0 Å². The molecule has 0 heterocycles. The highest BCUT2D eigenvalue weighted by Crippen LogP contribution is 2.36. The minimum Gasteiger partial charge on any atom is -0.417 e. The first-order valence-corrected chi connectivity index (χ1v) is 9.71. The van der Waals surface area contributed by atoms with Crippen molar-refractivity contribution in [3.63, 3.8) is 0 Å². The maximum Gasteiger partial charge on any atom is 0.191 e. The predicted molar refractivity (Wildman–Crippen MR) is 76.5 cm³/mol. The van der Waals surface area contributed by atoms with Gasteiger partial charge in [0.2, 0.25) is 0 Å². The topological polar surface area (TPSA) is 9.23 Å². The largest absolute Gasteiger partial charge is 0.417 e. The molecule has 0 fully saturated rings. The molecule has 0 aliphatic rings. The third-order valence-electron chi connectivity index (χ3n) is 3.69. The van der Waals surface area contributed by atoms with Gasteiger partial charge >= 0.3 is 0 Å². The van der Waals surface area contributed by atoms with E-state index in [1.54, 1.807) is 0 Å². The van der Waals surface area contributed by atoms with Crippen LogP contribution in [0.5, 0.6) is 0 Å². The minimum absolute atomic E-state index is 0.352. The number of hydrogen-bond donors (Lipinski definition) is 0. The summed E-state index contributed by atoms with van der Waals surface area (Å²) >= 11 is 0. The van der Waals surface area contributed by atoms with Crippen molar-refractivity contribution in [3.8, 4) is 0 Å². The molecule has 16 heavy (non-hydrogen) atoms. The molecule has 0 saturated heterocycles. The Kier molecular flexibility index (Phi) is 6.88. The van der Waals surface area contributed by atoms with Gasteiger partial charge in [-0.05, 0) is 30.5 Å². The Labute approximate surface area is 104 Å². The zero-order valence-corrected chi connectivity index (χ0v) is 13.5. The third kappa shape index (κ3) is 6.69. The zero-order valence-electron chi connectivity index (χ0n) is 12.5. The lowest BCUT2D eigenvalue weighted by atomic mass is 10.1. The fourth-order valence-electron chi connectivity index (χ4n) is 1.38. The summed E-state index contributed by atoms with van der Waals surface area (Å²) in [6, 6.07) is 0. The second-order valence-electron chi connectivity index (χ2n) is 6.85. The van der Waals surface area contributed by atoms with Crippen LogP contribution in [-0.4, -0.2) is 14.9 Å². The van der Waals surface area contributed by atoms with Crippen LogP contribution >= 0.6 is 0 Å². The van der Waals surface area contributed by atoms with Gasteiger partial charge in [-0.15, -0.1) is 0 Å². The highest BCUT2D eigenvalue weighted by atomic mass is 28.4. The lowest BCUT2D eigenvalue weighted by Gasteiger charge is -2.36. The normalized spacial score (nSPS) is 13.5. The summed E-state index contributed by atoms with van der Waals surface area (Å²) in [5.74, 6) is 0.848. The monoisotopic (exact) mass is 244 g/mol. The van der Waals surface area contributed by atoms with Gasteiger partial charge in [0, 0.05) is 6.61 Å². The van der Waals surface area contributed by atoms with Crippen LogP contribution in [0.25, 0.3) is 0 Å². The zero-order chi connectivity index (χ0) is 12.8. The molecular formula is C14H32OSi. The standard InChI is InChI=1S/C14H32OSi/c1-13(2)11-9-8-10-12-15-16(6,7)14(3,4)5/h13H,8-12H2,1-7H3. The molecule has 0 N–H and O–H groups in total. The van der Waals surface area contributed by atoms with E-state index in [1.165, 1.54) is 25.7 Å². The van der Waals surface area contributed by atoms with Crippen molar-refractivity contribution in [2.24, 2.45) is 5.92 Å². The van der Waals surface area contributed by atoms with Crippen LogP contribution in [0.2, 0.25) is 18.1 Å². The average molecular weight is 244 g/mol. The van der Waals surface area contributed by atoms with Crippen molar-refractivity contribution in [3.05, 3.63) is 0 Å². The summed E-state index contributed by atoms with van der Waals surface area (Å²) in [7, 11) is -1.49. The molecule has 0 radical (unpaired) electrons. The van der Waals surface area contributed by atoms with Crippen molar-refractivity contribution < 1.29 is 4.43 Å². The molecular weight excluding hydrogens is 212 g/mol. The molecule has 0 rings (SSSR count). The maximum atomic E-state index is 6.14. The minimum atomic E-state index is -1.49. The van der Waals surface area contributed by atoms with Gasteiger partial charge in [-0.25, -0.2) is 0 Å². The van der Waals surface area contributed by atoms with Crippen molar-refractivity contribution in [2.45, 2.75) is 78.4 Å². The predicted octanol–water partition coefficient (Wildman–Crippen LogP) is 5.22. The Hall–Kier alpha value is 0.177. The van der Waals surface area contributed by atoms with Crippen molar-refractivity contribution in [1.82, 2.24) is 0 Å². The van der Waals surface area contributed by atoms with Crippen LogP contribution in [0.4, 0.5) is 0 Å². The van der Waals surface area contributed by atoms with E-state index in [0.29, 0.717) is 5.04 Å². The first-order chi connectivity index (χ1) is 7.17. The lowest BCUT2D eigenvalue weighted by Crippen LogP contribution is -2.40. The summed E-state index contributed by atoms with van der Waals surface area (Å²) in [6.45, 7) is 17.1. The van der Waals surface area contributed by atoms with Gasteiger partial charge in [-0.2, -0.15) is 0 Å². The fourth-order valence-corrected chi connectivity index (χ4v) is 2.46. The van der Waals surface area contributed by atoms with Crippen LogP contribution in [0.15, 0.2) is 0 Å². The van der Waals surface area contributed by atoms with Gasteiger partial charge in [0.1, 0.15) is 0 Å². The van der Waals surface area contributed by atoms with E-state index in [4.69, 9.17) is 4.43 Å². The van der Waals surface area contributed by atoms with Gasteiger partial charge in [0.25, 0.3) is 0 Å². The highest BCUT2D eigenvalue weighted by Gasteiger charge is 2.36. The molecule has 98 valence electrons. The second kappa shape index (κ2) is 6.80. The molecule has 0 aromatic heterocycles. The third-order valence-corrected chi connectivity index (χ3v) is 8.23. The van der Waals surface area contributed by atoms with Crippen LogP contribution in [0.3, 0.4) is 0 Å². The molecule has 2 heteroatoms. The Morgan fingerprint density at radius 3 is 2.00 bits per heavy atom. The Bertz CT molecular complexity index is 180. The van der Waals surface area contributed by atoms with E-state index in [2.05, 4.69) is 47.7 Å². The van der Waals surface area contributed by atoms with E-state index in [0.717, 1.165) is 12.5 Å². The number of unbranched alkanes of at least 4 members (excludes halogenated alkanes) is 2. The van der Waals surface area contributed by atoms with Crippen LogP contribution < -0.4 is 0 Å². The lowest BCUT2D eigenvalue weighted by molar-refractivity contribution is 0.276. The molecule has 0 atom stereocenters. The summed E-state index contributed by atoms with van der Waals surface area (Å²) in [4.78, 5) is 0. The van der Waals surface area contributed by atoms with Crippen molar-refractivity contribution in [2.75, 3.05) is 6.61 Å². The van der Waals surface area contributed by atoms with E-state index in [-0.39, 0.29) is 0 Å². The van der Waals surface area contributed by atoms with Crippen molar-refractivity contribution >= 4 is 8.32 Å². The maximum absolute atomic E-state index is 6.14. The smallest absolute Gasteiger partial charge is 0.191 e. The van der Waals surface area contributed by atoms with Crippen LogP contribution in [-0.2, 0) is 4.43 Å². The number of rotatable bonds is 7. The number of hydrogen-bond acceptors (Lipinski definition) is 1. The quantitative estimate of drug-likeness (QED) is 0.440. The first kappa shape index (κ1) is 16.2. The first-order valence-electron chi connectivity index (χ1n) is 6.81. The molecule has 1 nitrogen and oxygen atoms in total. The molecule has 0 aromatic rings. The molecule has 0 bridgehead atoms. The summed E-state index contributed by atoms with van der Waals surface area (Å²) < 4.78 is 6.14. The van der Waals surface area contributed by atoms with Gasteiger partial charge < -0.3 is 4.43 Å².